The first kappa shape index (κ1) is 16.1. The van der Waals surface area contributed by atoms with E-state index in [2.05, 4.69) is 0 Å². The smallest absolute Gasteiger partial charge is 0.207 e. The van der Waals surface area contributed by atoms with Gasteiger partial charge >= 0.3 is 12.4 Å². The molecule has 0 spiro atoms. The summed E-state index contributed by atoms with van der Waals surface area (Å²) in [5.41, 5.74) is -4.30. The molecule has 0 aromatic heterocycles. The Hall–Kier alpha value is -0.960. The van der Waals surface area contributed by atoms with Gasteiger partial charge in [-0.15, -0.1) is 0 Å². The van der Waals surface area contributed by atoms with Crippen LogP contribution in [0.25, 0.3) is 0 Å². The highest BCUT2D eigenvalue weighted by Crippen LogP contribution is 2.40. The number of hydrogen-bond acceptors (Lipinski definition) is 2. The SMILES string of the molecule is Cc1c(C(F)(F)F)cc(C(F)(F)F)cc1S(=O)(=O)Cl. The molecule has 0 bridgehead atoms. The third-order valence-corrected chi connectivity index (χ3v) is 3.70. The number of alkyl halides is 6. The molecule has 0 unspecified atom stereocenters. The van der Waals surface area contributed by atoms with Gasteiger partial charge in [-0.1, -0.05) is 0 Å². The molecule has 1 rings (SSSR count). The Morgan fingerprint density at radius 1 is 1.00 bits per heavy atom. The fourth-order valence-corrected chi connectivity index (χ4v) is 2.62. The fraction of sp³-hybridized carbons (Fsp3) is 0.333. The first-order valence-electron chi connectivity index (χ1n) is 4.48. The zero-order valence-electron chi connectivity index (χ0n) is 9.03. The molecule has 0 atom stereocenters. The molecule has 0 fully saturated rings. The van der Waals surface area contributed by atoms with Crippen LogP contribution in [0.15, 0.2) is 17.0 Å². The lowest BCUT2D eigenvalue weighted by atomic mass is 10.0. The summed E-state index contributed by atoms with van der Waals surface area (Å²) in [6, 6.07) is -0.0756. The van der Waals surface area contributed by atoms with E-state index in [0.717, 1.165) is 6.92 Å². The van der Waals surface area contributed by atoms with E-state index in [1.807, 2.05) is 0 Å². The van der Waals surface area contributed by atoms with Crippen LogP contribution in [-0.2, 0) is 21.4 Å². The van der Waals surface area contributed by atoms with Crippen molar-refractivity contribution in [2.24, 2.45) is 0 Å². The highest BCUT2D eigenvalue weighted by atomic mass is 35.7. The van der Waals surface area contributed by atoms with Gasteiger partial charge in [0.25, 0.3) is 9.05 Å². The molecule has 1 aromatic rings. The van der Waals surface area contributed by atoms with Crippen LogP contribution in [0.4, 0.5) is 26.3 Å². The highest BCUT2D eigenvalue weighted by molar-refractivity contribution is 8.13. The Morgan fingerprint density at radius 3 is 1.79 bits per heavy atom. The third kappa shape index (κ3) is 3.53. The van der Waals surface area contributed by atoms with Gasteiger partial charge in [-0.3, -0.25) is 0 Å². The van der Waals surface area contributed by atoms with E-state index in [1.54, 1.807) is 0 Å². The van der Waals surface area contributed by atoms with Gasteiger partial charge in [-0.05, 0) is 24.6 Å². The van der Waals surface area contributed by atoms with Crippen LogP contribution >= 0.6 is 10.7 Å². The molecule has 0 aliphatic heterocycles. The average molecular weight is 327 g/mol. The monoisotopic (exact) mass is 326 g/mol. The van der Waals surface area contributed by atoms with Crippen molar-refractivity contribution in [1.82, 2.24) is 0 Å². The van der Waals surface area contributed by atoms with Gasteiger partial charge in [-0.2, -0.15) is 26.3 Å². The molecular formula is C9H5ClF6O2S. The maximum atomic E-state index is 12.6. The molecule has 0 saturated heterocycles. The highest BCUT2D eigenvalue weighted by Gasteiger charge is 2.40. The van der Waals surface area contributed by atoms with Gasteiger partial charge in [0.1, 0.15) is 0 Å². The van der Waals surface area contributed by atoms with Gasteiger partial charge in [0.05, 0.1) is 16.0 Å². The Labute approximate surface area is 108 Å². The lowest BCUT2D eigenvalue weighted by molar-refractivity contribution is -0.143. The normalized spacial score (nSPS) is 13.7. The minimum absolute atomic E-state index is 0.0763. The van der Waals surface area contributed by atoms with Crippen LogP contribution in [0.2, 0.25) is 0 Å². The van der Waals surface area contributed by atoms with Crippen LogP contribution in [0.5, 0.6) is 0 Å². The van der Waals surface area contributed by atoms with Crippen LogP contribution < -0.4 is 0 Å². The maximum absolute atomic E-state index is 12.6. The van der Waals surface area contributed by atoms with Gasteiger partial charge < -0.3 is 0 Å². The maximum Gasteiger partial charge on any atom is 0.416 e. The van der Waals surface area contributed by atoms with Crippen molar-refractivity contribution in [3.05, 3.63) is 28.8 Å². The van der Waals surface area contributed by atoms with E-state index in [0.29, 0.717) is 0 Å². The molecule has 108 valence electrons. The fourth-order valence-electron chi connectivity index (χ4n) is 1.40. The molecule has 0 radical (unpaired) electrons. The van der Waals surface area contributed by atoms with Crippen LogP contribution in [0.1, 0.15) is 16.7 Å². The molecule has 19 heavy (non-hydrogen) atoms. The van der Waals surface area contributed by atoms with Gasteiger partial charge in [0.2, 0.25) is 0 Å². The predicted molar refractivity (Wildman–Crippen MR) is 54.2 cm³/mol. The van der Waals surface area contributed by atoms with E-state index in [9.17, 15) is 34.8 Å². The summed E-state index contributed by atoms with van der Waals surface area (Å²) in [4.78, 5) is -1.21. The zero-order valence-corrected chi connectivity index (χ0v) is 10.6. The second kappa shape index (κ2) is 4.55. The molecule has 2 nitrogen and oxygen atoms in total. The standard InChI is InChI=1S/C9H5ClF6O2S/c1-4-6(9(14,15)16)2-5(8(11,12)13)3-7(4)19(10,17)18/h2-3H,1H3. The van der Waals surface area contributed by atoms with E-state index in [-0.39, 0.29) is 12.1 Å². The molecule has 0 saturated carbocycles. The van der Waals surface area contributed by atoms with Crippen LogP contribution in [0, 0.1) is 6.92 Å². The summed E-state index contributed by atoms with van der Waals surface area (Å²) in [7, 11) is 0.119. The van der Waals surface area contributed by atoms with E-state index in [1.165, 1.54) is 0 Å². The second-order valence-corrected chi connectivity index (χ2v) is 6.11. The van der Waals surface area contributed by atoms with Gasteiger partial charge in [-0.25, -0.2) is 8.42 Å². The molecule has 1 aromatic carbocycles. The van der Waals surface area contributed by atoms with Crippen molar-refractivity contribution in [3.8, 4) is 0 Å². The number of benzene rings is 1. The molecule has 0 amide bonds. The first-order chi connectivity index (χ1) is 8.24. The van der Waals surface area contributed by atoms with Crippen LogP contribution in [-0.4, -0.2) is 8.42 Å². The van der Waals surface area contributed by atoms with Crippen molar-refractivity contribution in [2.45, 2.75) is 24.2 Å². The third-order valence-electron chi connectivity index (χ3n) is 2.26. The molecule has 0 aliphatic carbocycles. The lowest BCUT2D eigenvalue weighted by Crippen LogP contribution is -2.15. The molecule has 0 heterocycles. The Kier molecular flexibility index (Phi) is 3.85. The van der Waals surface area contributed by atoms with Crippen molar-refractivity contribution in [1.29, 1.82) is 0 Å². The van der Waals surface area contributed by atoms with Gasteiger partial charge in [0.15, 0.2) is 0 Å². The van der Waals surface area contributed by atoms with Gasteiger partial charge in [0, 0.05) is 10.7 Å². The van der Waals surface area contributed by atoms with Crippen molar-refractivity contribution in [3.63, 3.8) is 0 Å². The Morgan fingerprint density at radius 2 is 1.47 bits per heavy atom. The number of halogens is 7. The van der Waals surface area contributed by atoms with E-state index in [4.69, 9.17) is 10.7 Å². The van der Waals surface area contributed by atoms with Crippen LogP contribution in [0.3, 0.4) is 0 Å². The minimum atomic E-state index is -5.12. The molecule has 0 N–H and O–H groups in total. The molecular weight excluding hydrogens is 322 g/mol. The van der Waals surface area contributed by atoms with Crippen molar-refractivity contribution < 1.29 is 34.8 Å². The summed E-state index contributed by atoms with van der Waals surface area (Å²) in [6.07, 6.45) is -10.2. The summed E-state index contributed by atoms with van der Waals surface area (Å²) < 4.78 is 97.2. The van der Waals surface area contributed by atoms with E-state index < -0.39 is 43.0 Å². The minimum Gasteiger partial charge on any atom is -0.207 e. The largest absolute Gasteiger partial charge is 0.416 e. The summed E-state index contributed by atoms with van der Waals surface area (Å²) in [6.45, 7) is 0.734. The predicted octanol–water partition coefficient (Wildman–Crippen LogP) is 3.96. The molecule has 0 aliphatic rings. The Bertz CT molecular complexity index is 602. The summed E-state index contributed by atoms with van der Waals surface area (Å²) in [5, 5.41) is 0. The second-order valence-electron chi connectivity index (χ2n) is 3.58. The number of hydrogen-bond donors (Lipinski definition) is 0. The lowest BCUT2D eigenvalue weighted by Gasteiger charge is -2.16. The summed E-state index contributed by atoms with van der Waals surface area (Å²) >= 11 is 0. The van der Waals surface area contributed by atoms with Crippen molar-refractivity contribution >= 4 is 19.7 Å². The molecule has 10 heteroatoms. The van der Waals surface area contributed by atoms with Crippen molar-refractivity contribution in [2.75, 3.05) is 0 Å². The summed E-state index contributed by atoms with van der Waals surface area (Å²) in [5.74, 6) is 0. The topological polar surface area (TPSA) is 34.1 Å². The quantitative estimate of drug-likeness (QED) is 0.578. The Balaban J connectivity index is 3.78. The number of rotatable bonds is 1. The first-order valence-corrected chi connectivity index (χ1v) is 6.79. The zero-order chi connectivity index (χ0) is 15.2. The van der Waals surface area contributed by atoms with E-state index >= 15 is 0 Å². The average Bonchev–Trinajstić information content (AvgIpc) is 2.11.